The smallest absolute Gasteiger partial charge is 0.0797 e. The normalized spacial score (nSPS) is 19.4. The zero-order chi connectivity index (χ0) is 7.68. The van der Waals surface area contributed by atoms with E-state index in [1.54, 1.807) is 11.3 Å². The summed E-state index contributed by atoms with van der Waals surface area (Å²) in [5.41, 5.74) is 3.36. The highest BCUT2D eigenvalue weighted by atomic mass is 32.1. The Kier molecular flexibility index (Phi) is 1.95. The fourth-order valence-corrected chi connectivity index (χ4v) is 2.57. The first-order chi connectivity index (χ1) is 5.38. The van der Waals surface area contributed by atoms with Gasteiger partial charge >= 0.3 is 0 Å². The first kappa shape index (κ1) is 7.29. The van der Waals surface area contributed by atoms with Crippen molar-refractivity contribution in [2.24, 2.45) is 0 Å². The van der Waals surface area contributed by atoms with E-state index in [4.69, 9.17) is 0 Å². The number of aryl methyl sites for hydroxylation is 1. The Morgan fingerprint density at radius 3 is 2.73 bits per heavy atom. The molecule has 11 heavy (non-hydrogen) atoms. The van der Waals surface area contributed by atoms with Crippen LogP contribution in [0.4, 0.5) is 0 Å². The molecule has 0 N–H and O–H groups in total. The van der Waals surface area contributed by atoms with E-state index in [0.29, 0.717) is 0 Å². The second-order valence-electron chi connectivity index (χ2n) is 3.28. The van der Waals surface area contributed by atoms with Gasteiger partial charge in [0.25, 0.3) is 0 Å². The summed E-state index contributed by atoms with van der Waals surface area (Å²) in [6.07, 6.45) is 5.54. The highest BCUT2D eigenvalue weighted by Gasteiger charge is 2.20. The molecule has 0 radical (unpaired) electrons. The third kappa shape index (κ3) is 1.32. The molecule has 0 atom stereocenters. The van der Waals surface area contributed by atoms with Gasteiger partial charge in [-0.1, -0.05) is 12.8 Å². The lowest BCUT2D eigenvalue weighted by Crippen LogP contribution is -1.93. The van der Waals surface area contributed by atoms with Crippen molar-refractivity contribution in [1.29, 1.82) is 0 Å². The molecule has 0 amide bonds. The summed E-state index contributed by atoms with van der Waals surface area (Å²) >= 11 is 1.78. The van der Waals surface area contributed by atoms with Crippen molar-refractivity contribution in [3.8, 4) is 0 Å². The molecule has 1 aliphatic rings. The van der Waals surface area contributed by atoms with Crippen LogP contribution in [0.1, 0.15) is 42.2 Å². The van der Waals surface area contributed by atoms with Gasteiger partial charge < -0.3 is 0 Å². The van der Waals surface area contributed by atoms with Crippen LogP contribution in [0.5, 0.6) is 0 Å². The maximum absolute atomic E-state index is 4.42. The van der Waals surface area contributed by atoms with Crippen molar-refractivity contribution >= 4 is 11.3 Å². The van der Waals surface area contributed by atoms with Crippen LogP contribution in [0, 0.1) is 6.92 Å². The molecule has 0 aromatic carbocycles. The van der Waals surface area contributed by atoms with Gasteiger partial charge in [-0.2, -0.15) is 0 Å². The molecule has 0 spiro atoms. The number of aromatic nitrogens is 1. The first-order valence-electron chi connectivity index (χ1n) is 4.28. The molecule has 1 heterocycles. The van der Waals surface area contributed by atoms with Crippen molar-refractivity contribution in [2.75, 3.05) is 0 Å². The van der Waals surface area contributed by atoms with E-state index < -0.39 is 0 Å². The second-order valence-corrected chi connectivity index (χ2v) is 4.33. The maximum atomic E-state index is 4.42. The molecule has 60 valence electrons. The second kappa shape index (κ2) is 2.94. The molecule has 0 unspecified atom stereocenters. The van der Waals surface area contributed by atoms with Crippen LogP contribution in [-0.2, 0) is 0 Å². The zero-order valence-electron chi connectivity index (χ0n) is 6.84. The van der Waals surface area contributed by atoms with E-state index in [1.165, 1.54) is 36.3 Å². The predicted octanol–water partition coefficient (Wildman–Crippen LogP) is 3.11. The fourth-order valence-electron chi connectivity index (χ4n) is 1.91. The minimum absolute atomic E-state index is 0.793. The van der Waals surface area contributed by atoms with E-state index in [9.17, 15) is 0 Å². The van der Waals surface area contributed by atoms with Crippen LogP contribution in [0.3, 0.4) is 0 Å². The number of hydrogen-bond acceptors (Lipinski definition) is 2. The number of hydrogen-bond donors (Lipinski definition) is 0. The summed E-state index contributed by atoms with van der Waals surface area (Å²) in [6.45, 7) is 2.19. The van der Waals surface area contributed by atoms with Gasteiger partial charge in [0.15, 0.2) is 0 Å². The predicted molar refractivity (Wildman–Crippen MR) is 48.1 cm³/mol. The van der Waals surface area contributed by atoms with Gasteiger partial charge in [0, 0.05) is 10.8 Å². The molecule has 1 aromatic heterocycles. The third-order valence-electron chi connectivity index (χ3n) is 2.52. The van der Waals surface area contributed by atoms with E-state index in [1.807, 2.05) is 5.51 Å². The molecule has 1 aromatic rings. The minimum Gasteiger partial charge on any atom is -0.249 e. The maximum Gasteiger partial charge on any atom is 0.0797 e. The Morgan fingerprint density at radius 1 is 1.45 bits per heavy atom. The lowest BCUT2D eigenvalue weighted by molar-refractivity contribution is 0.698. The van der Waals surface area contributed by atoms with Crippen LogP contribution in [-0.4, -0.2) is 4.98 Å². The van der Waals surface area contributed by atoms with E-state index in [2.05, 4.69) is 11.9 Å². The summed E-state index contributed by atoms with van der Waals surface area (Å²) in [5.74, 6) is 0.793. The molecular formula is C9H13NS. The molecule has 1 nitrogen and oxygen atoms in total. The van der Waals surface area contributed by atoms with E-state index in [0.717, 1.165) is 5.92 Å². The molecule has 1 saturated carbocycles. The van der Waals surface area contributed by atoms with Crippen LogP contribution < -0.4 is 0 Å². The standard InChI is InChI=1S/C9H13NS/c1-7-9(10-6-11-7)8-4-2-3-5-8/h6,8H,2-5H2,1H3. The number of rotatable bonds is 1. The van der Waals surface area contributed by atoms with E-state index >= 15 is 0 Å². The first-order valence-corrected chi connectivity index (χ1v) is 5.16. The van der Waals surface area contributed by atoms with Crippen LogP contribution >= 0.6 is 11.3 Å². The summed E-state index contributed by atoms with van der Waals surface area (Å²) in [4.78, 5) is 5.84. The SMILES string of the molecule is Cc1scnc1C1CCCC1. The van der Waals surface area contributed by atoms with Crippen molar-refractivity contribution in [3.05, 3.63) is 16.1 Å². The Labute approximate surface area is 71.5 Å². The van der Waals surface area contributed by atoms with Crippen LogP contribution in [0.2, 0.25) is 0 Å². The summed E-state index contributed by atoms with van der Waals surface area (Å²) in [6, 6.07) is 0. The lowest BCUT2D eigenvalue weighted by Gasteiger charge is -2.05. The largest absolute Gasteiger partial charge is 0.249 e. The molecule has 1 aliphatic carbocycles. The Hall–Kier alpha value is -0.370. The molecule has 1 fully saturated rings. The van der Waals surface area contributed by atoms with Gasteiger partial charge in [-0.05, 0) is 19.8 Å². The molecule has 0 saturated heterocycles. The molecule has 2 rings (SSSR count). The van der Waals surface area contributed by atoms with Crippen LogP contribution in [0.15, 0.2) is 5.51 Å². The lowest BCUT2D eigenvalue weighted by atomic mass is 10.0. The Bertz CT molecular complexity index is 235. The summed E-state index contributed by atoms with van der Waals surface area (Å²) < 4.78 is 0. The van der Waals surface area contributed by atoms with Gasteiger partial charge in [0.2, 0.25) is 0 Å². The monoisotopic (exact) mass is 167 g/mol. The molecule has 0 bridgehead atoms. The number of nitrogens with zero attached hydrogens (tertiary/aromatic N) is 1. The van der Waals surface area contributed by atoms with Crippen molar-refractivity contribution < 1.29 is 0 Å². The van der Waals surface area contributed by atoms with Gasteiger partial charge in [0.05, 0.1) is 11.2 Å². The van der Waals surface area contributed by atoms with Crippen LogP contribution in [0.25, 0.3) is 0 Å². The Balaban J connectivity index is 2.21. The third-order valence-corrected chi connectivity index (χ3v) is 3.30. The minimum atomic E-state index is 0.793. The zero-order valence-corrected chi connectivity index (χ0v) is 7.66. The highest BCUT2D eigenvalue weighted by molar-refractivity contribution is 7.09. The van der Waals surface area contributed by atoms with E-state index in [-0.39, 0.29) is 0 Å². The van der Waals surface area contributed by atoms with Gasteiger partial charge in [0.1, 0.15) is 0 Å². The average molecular weight is 167 g/mol. The van der Waals surface area contributed by atoms with Gasteiger partial charge in [-0.15, -0.1) is 11.3 Å². The highest BCUT2D eigenvalue weighted by Crippen LogP contribution is 2.35. The summed E-state index contributed by atoms with van der Waals surface area (Å²) in [5, 5.41) is 0. The van der Waals surface area contributed by atoms with Gasteiger partial charge in [-0.25, -0.2) is 4.98 Å². The molecule has 0 aliphatic heterocycles. The average Bonchev–Trinajstić information content (AvgIpc) is 2.55. The Morgan fingerprint density at radius 2 is 2.18 bits per heavy atom. The fraction of sp³-hybridized carbons (Fsp3) is 0.667. The number of thiazole rings is 1. The van der Waals surface area contributed by atoms with Crippen molar-refractivity contribution in [3.63, 3.8) is 0 Å². The van der Waals surface area contributed by atoms with Gasteiger partial charge in [-0.3, -0.25) is 0 Å². The topological polar surface area (TPSA) is 12.9 Å². The van der Waals surface area contributed by atoms with Crippen molar-refractivity contribution in [1.82, 2.24) is 4.98 Å². The molecular weight excluding hydrogens is 154 g/mol. The molecule has 2 heteroatoms. The van der Waals surface area contributed by atoms with Crippen molar-refractivity contribution in [2.45, 2.75) is 38.5 Å². The summed E-state index contributed by atoms with van der Waals surface area (Å²) in [7, 11) is 0. The quantitative estimate of drug-likeness (QED) is 0.626.